The number of aromatic amines is 1. The minimum atomic E-state index is -0.344. The molecule has 6 heteroatoms. The normalized spacial score (nSPS) is 10.5. The van der Waals surface area contributed by atoms with Crippen molar-refractivity contribution in [3.05, 3.63) is 56.9 Å². The molecule has 0 radical (unpaired) electrons. The van der Waals surface area contributed by atoms with Gasteiger partial charge in [0, 0.05) is 28.0 Å². The molecule has 0 aliphatic carbocycles. The van der Waals surface area contributed by atoms with Gasteiger partial charge in [0.1, 0.15) is 5.69 Å². The van der Waals surface area contributed by atoms with Crippen molar-refractivity contribution < 1.29 is 4.79 Å². The summed E-state index contributed by atoms with van der Waals surface area (Å²) in [6.07, 6.45) is 1.52. The zero-order valence-electron chi connectivity index (χ0n) is 11.7. The Balaban J connectivity index is 2.20. The highest BCUT2D eigenvalue weighted by atomic mass is 79.9. The second-order valence-corrected chi connectivity index (χ2v) is 5.81. The lowest BCUT2D eigenvalue weighted by Crippen LogP contribution is -2.19. The van der Waals surface area contributed by atoms with Crippen LogP contribution in [0, 0.1) is 0 Å². The van der Waals surface area contributed by atoms with Gasteiger partial charge >= 0.3 is 0 Å². The number of H-pyrrole nitrogens is 1. The molecule has 0 saturated heterocycles. The fraction of sp³-hybridized carbons (Fsp3) is 0.200. The molecule has 3 N–H and O–H groups in total. The van der Waals surface area contributed by atoms with Gasteiger partial charge in [0.15, 0.2) is 0 Å². The maximum absolute atomic E-state index is 12.2. The van der Waals surface area contributed by atoms with Crippen LogP contribution in [-0.4, -0.2) is 16.9 Å². The fourth-order valence-corrected chi connectivity index (χ4v) is 2.17. The molecule has 0 aliphatic heterocycles. The highest BCUT2D eigenvalue weighted by Crippen LogP contribution is 2.14. The van der Waals surface area contributed by atoms with Crippen molar-refractivity contribution in [1.82, 2.24) is 4.98 Å². The number of nitrogens with one attached hydrogen (secondary N) is 3. The van der Waals surface area contributed by atoms with Crippen LogP contribution in [0.5, 0.6) is 0 Å². The molecular formula is C15H16BrN3O2. The minimum absolute atomic E-state index is 0.205. The lowest BCUT2D eigenvalue weighted by Gasteiger charge is -2.11. The van der Waals surface area contributed by atoms with Gasteiger partial charge in [0.2, 0.25) is 0 Å². The summed E-state index contributed by atoms with van der Waals surface area (Å²) < 4.78 is 0.688. The van der Waals surface area contributed by atoms with Crippen molar-refractivity contribution in [2.45, 2.75) is 19.9 Å². The van der Waals surface area contributed by atoms with E-state index >= 15 is 0 Å². The molecule has 1 aromatic carbocycles. The molecule has 1 aromatic heterocycles. The summed E-state index contributed by atoms with van der Waals surface area (Å²) in [4.78, 5) is 26.4. The molecule has 0 aliphatic rings. The molecule has 0 spiro atoms. The zero-order valence-corrected chi connectivity index (χ0v) is 13.3. The topological polar surface area (TPSA) is 74.0 Å². The monoisotopic (exact) mass is 349 g/mol. The van der Waals surface area contributed by atoms with Crippen LogP contribution in [-0.2, 0) is 0 Å². The van der Waals surface area contributed by atoms with E-state index in [0.29, 0.717) is 10.0 Å². The third kappa shape index (κ3) is 4.19. The SMILES string of the molecule is CC(C)Nc1cccc(C(=O)Nc2cc(Br)c[nH]c2=O)c1. The lowest BCUT2D eigenvalue weighted by molar-refractivity contribution is 0.102. The number of rotatable bonds is 4. The van der Waals surface area contributed by atoms with Gasteiger partial charge in [-0.15, -0.1) is 0 Å². The van der Waals surface area contributed by atoms with Crippen molar-refractivity contribution in [2.75, 3.05) is 10.6 Å². The first-order valence-electron chi connectivity index (χ1n) is 6.52. The first-order chi connectivity index (χ1) is 9.95. The Morgan fingerprint density at radius 2 is 2.05 bits per heavy atom. The minimum Gasteiger partial charge on any atom is -0.383 e. The van der Waals surface area contributed by atoms with E-state index in [-0.39, 0.29) is 23.2 Å². The highest BCUT2D eigenvalue weighted by molar-refractivity contribution is 9.10. The number of hydrogen-bond donors (Lipinski definition) is 3. The van der Waals surface area contributed by atoms with Crippen LogP contribution in [0.3, 0.4) is 0 Å². The van der Waals surface area contributed by atoms with Gasteiger partial charge in [-0.25, -0.2) is 0 Å². The summed E-state index contributed by atoms with van der Waals surface area (Å²) >= 11 is 3.25. The maximum atomic E-state index is 12.2. The Kier molecular flexibility index (Phi) is 4.80. The van der Waals surface area contributed by atoms with Gasteiger partial charge in [0.05, 0.1) is 0 Å². The predicted octanol–water partition coefficient (Wildman–Crippen LogP) is 3.21. The van der Waals surface area contributed by atoms with Crippen LogP contribution in [0.1, 0.15) is 24.2 Å². The molecule has 5 nitrogen and oxygen atoms in total. The smallest absolute Gasteiger partial charge is 0.271 e. The lowest BCUT2D eigenvalue weighted by atomic mass is 10.1. The maximum Gasteiger partial charge on any atom is 0.271 e. The van der Waals surface area contributed by atoms with Crippen LogP contribution in [0.15, 0.2) is 45.8 Å². The number of pyridine rings is 1. The molecule has 110 valence electrons. The molecule has 2 rings (SSSR count). The van der Waals surface area contributed by atoms with Crippen LogP contribution >= 0.6 is 15.9 Å². The Morgan fingerprint density at radius 1 is 1.29 bits per heavy atom. The van der Waals surface area contributed by atoms with Gasteiger partial charge in [0.25, 0.3) is 11.5 Å². The molecule has 2 aromatic rings. The van der Waals surface area contributed by atoms with E-state index in [9.17, 15) is 9.59 Å². The first kappa shape index (κ1) is 15.3. The molecule has 1 heterocycles. The van der Waals surface area contributed by atoms with Crippen molar-refractivity contribution in [3.63, 3.8) is 0 Å². The zero-order chi connectivity index (χ0) is 15.4. The average molecular weight is 350 g/mol. The molecule has 0 fully saturated rings. The first-order valence-corrected chi connectivity index (χ1v) is 7.31. The summed E-state index contributed by atoms with van der Waals surface area (Å²) in [5, 5.41) is 5.84. The number of hydrogen-bond acceptors (Lipinski definition) is 3. The Hall–Kier alpha value is -2.08. The van der Waals surface area contributed by atoms with E-state index in [1.54, 1.807) is 24.3 Å². The summed E-state index contributed by atoms with van der Waals surface area (Å²) in [5.41, 5.74) is 1.21. The number of anilines is 2. The number of benzene rings is 1. The largest absolute Gasteiger partial charge is 0.383 e. The van der Waals surface area contributed by atoms with Gasteiger partial charge in [-0.3, -0.25) is 9.59 Å². The molecule has 0 atom stereocenters. The van der Waals surface area contributed by atoms with E-state index in [2.05, 4.69) is 31.5 Å². The van der Waals surface area contributed by atoms with Crippen LogP contribution in [0.25, 0.3) is 0 Å². The molecule has 0 unspecified atom stereocenters. The van der Waals surface area contributed by atoms with Gasteiger partial charge in [-0.2, -0.15) is 0 Å². The predicted molar refractivity (Wildman–Crippen MR) is 87.9 cm³/mol. The molecule has 0 bridgehead atoms. The summed E-state index contributed by atoms with van der Waals surface area (Å²) in [6.45, 7) is 4.04. The number of amides is 1. The highest BCUT2D eigenvalue weighted by Gasteiger charge is 2.09. The average Bonchev–Trinajstić information content (AvgIpc) is 2.42. The van der Waals surface area contributed by atoms with Crippen molar-refractivity contribution >= 4 is 33.2 Å². The Labute approximate surface area is 130 Å². The van der Waals surface area contributed by atoms with Crippen molar-refractivity contribution in [3.8, 4) is 0 Å². The Morgan fingerprint density at radius 3 is 2.76 bits per heavy atom. The van der Waals surface area contributed by atoms with Crippen molar-refractivity contribution in [1.29, 1.82) is 0 Å². The fourth-order valence-electron chi connectivity index (χ4n) is 1.83. The van der Waals surface area contributed by atoms with Crippen LogP contribution in [0.2, 0.25) is 0 Å². The molecule has 21 heavy (non-hydrogen) atoms. The summed E-state index contributed by atoms with van der Waals surface area (Å²) in [6, 6.07) is 8.98. The number of aromatic nitrogens is 1. The van der Waals surface area contributed by atoms with E-state index < -0.39 is 0 Å². The molecule has 0 saturated carbocycles. The second kappa shape index (κ2) is 6.58. The summed E-state index contributed by atoms with van der Waals surface area (Å²) in [5.74, 6) is -0.328. The van der Waals surface area contributed by atoms with E-state index in [1.807, 2.05) is 19.9 Å². The third-order valence-corrected chi connectivity index (χ3v) is 3.15. The number of carbonyl (C=O) groups is 1. The third-order valence-electron chi connectivity index (χ3n) is 2.70. The van der Waals surface area contributed by atoms with E-state index in [4.69, 9.17) is 0 Å². The van der Waals surface area contributed by atoms with Crippen LogP contribution in [0.4, 0.5) is 11.4 Å². The number of carbonyl (C=O) groups excluding carboxylic acids is 1. The van der Waals surface area contributed by atoms with E-state index in [0.717, 1.165) is 5.69 Å². The molecule has 1 amide bonds. The standard InChI is InChI=1S/C15H16BrN3O2/c1-9(2)18-12-5-3-4-10(6-12)14(20)19-13-7-11(16)8-17-15(13)21/h3-9,18H,1-2H3,(H,17,21)(H,19,20). The van der Waals surface area contributed by atoms with Crippen LogP contribution < -0.4 is 16.2 Å². The van der Waals surface area contributed by atoms with Crippen molar-refractivity contribution in [2.24, 2.45) is 0 Å². The van der Waals surface area contributed by atoms with Gasteiger partial charge < -0.3 is 15.6 Å². The van der Waals surface area contributed by atoms with Gasteiger partial charge in [-0.1, -0.05) is 6.07 Å². The van der Waals surface area contributed by atoms with Gasteiger partial charge in [-0.05, 0) is 54.0 Å². The summed E-state index contributed by atoms with van der Waals surface area (Å²) in [7, 11) is 0. The van der Waals surface area contributed by atoms with E-state index in [1.165, 1.54) is 6.20 Å². The number of halogens is 1. The second-order valence-electron chi connectivity index (χ2n) is 4.89. The quantitative estimate of drug-likeness (QED) is 0.793. The Bertz CT molecular complexity index is 710. The molecular weight excluding hydrogens is 334 g/mol.